The smallest absolute Gasteiger partial charge is 0.282 e. The summed E-state index contributed by atoms with van der Waals surface area (Å²) in [7, 11) is 3.24. The zero-order valence-corrected chi connectivity index (χ0v) is 17.5. The van der Waals surface area contributed by atoms with E-state index in [9.17, 15) is 8.78 Å². The predicted octanol–water partition coefficient (Wildman–Crippen LogP) is 6.17. The Balaban J connectivity index is 2.44. The molecular formula is C20H24ClF2NO2S. The normalized spacial score (nSPS) is 14.0. The number of hydrogen-bond donors (Lipinski definition) is 0. The van der Waals surface area contributed by atoms with Gasteiger partial charge in [-0.15, -0.1) is 11.3 Å². The summed E-state index contributed by atoms with van der Waals surface area (Å²) in [5.41, 5.74) is 1.93. The highest BCUT2D eigenvalue weighted by molar-refractivity contribution is 7.12. The van der Waals surface area contributed by atoms with Gasteiger partial charge in [-0.1, -0.05) is 49.4 Å². The lowest BCUT2D eigenvalue weighted by atomic mass is 9.86. The van der Waals surface area contributed by atoms with Crippen molar-refractivity contribution in [3.63, 3.8) is 0 Å². The summed E-state index contributed by atoms with van der Waals surface area (Å²) in [5, 5.41) is 0.400. The second kappa shape index (κ2) is 9.13. The molecule has 2 rings (SSSR count). The van der Waals surface area contributed by atoms with Crippen molar-refractivity contribution in [2.45, 2.75) is 44.6 Å². The lowest BCUT2D eigenvalue weighted by molar-refractivity contribution is 0.0214. The first kappa shape index (κ1) is 21.8. The number of ether oxygens (including phenoxy) is 2. The number of nitrogens with zero attached hydrogens (tertiary/aromatic N) is 1. The molecule has 0 aliphatic rings. The van der Waals surface area contributed by atoms with Crippen LogP contribution in [0.15, 0.2) is 36.6 Å². The third-order valence-corrected chi connectivity index (χ3v) is 6.06. The molecule has 1 heterocycles. The van der Waals surface area contributed by atoms with Gasteiger partial charge >= 0.3 is 0 Å². The maximum absolute atomic E-state index is 13.7. The molecule has 0 aliphatic heterocycles. The molecule has 0 aliphatic carbocycles. The van der Waals surface area contributed by atoms with Gasteiger partial charge in [-0.05, 0) is 17.5 Å². The van der Waals surface area contributed by atoms with Crippen molar-refractivity contribution in [1.29, 1.82) is 0 Å². The van der Waals surface area contributed by atoms with Crippen LogP contribution < -0.4 is 0 Å². The maximum atomic E-state index is 13.7. The summed E-state index contributed by atoms with van der Waals surface area (Å²) in [6, 6.07) is 7.77. The summed E-state index contributed by atoms with van der Waals surface area (Å²) in [5.74, 6) is -2.60. The Kier molecular flexibility index (Phi) is 7.37. The third kappa shape index (κ3) is 5.06. The minimum atomic E-state index is -3.01. The summed E-state index contributed by atoms with van der Waals surface area (Å²) in [4.78, 5) is 3.93. The predicted molar refractivity (Wildman–Crippen MR) is 106 cm³/mol. The lowest BCUT2D eigenvalue weighted by Gasteiger charge is -2.28. The van der Waals surface area contributed by atoms with E-state index in [1.165, 1.54) is 0 Å². The molecule has 0 radical (unpaired) electrons. The van der Waals surface area contributed by atoms with Crippen molar-refractivity contribution in [2.75, 3.05) is 14.2 Å². The van der Waals surface area contributed by atoms with E-state index in [4.69, 9.17) is 21.1 Å². The van der Waals surface area contributed by atoms with Crippen LogP contribution >= 0.6 is 22.9 Å². The molecule has 3 nitrogen and oxygen atoms in total. The van der Waals surface area contributed by atoms with Gasteiger partial charge in [-0.2, -0.15) is 0 Å². The number of alkyl halides is 2. The van der Waals surface area contributed by atoms with E-state index < -0.39 is 5.92 Å². The summed E-state index contributed by atoms with van der Waals surface area (Å²) in [6.07, 6.45) is 1.05. The van der Waals surface area contributed by atoms with Crippen molar-refractivity contribution in [2.24, 2.45) is 0 Å². The van der Waals surface area contributed by atoms with E-state index in [0.717, 1.165) is 35.8 Å². The highest BCUT2D eigenvalue weighted by Gasteiger charge is 2.32. The van der Waals surface area contributed by atoms with Crippen LogP contribution in [0.2, 0.25) is 5.15 Å². The topological polar surface area (TPSA) is 31.4 Å². The minimum Gasteiger partial charge on any atom is -0.501 e. The Bertz CT molecular complexity index is 785. The second-order valence-corrected chi connectivity index (χ2v) is 7.76. The highest BCUT2D eigenvalue weighted by atomic mass is 35.5. The minimum absolute atomic E-state index is 0.117. The number of hydrogen-bond acceptors (Lipinski definition) is 4. The number of methoxy groups -OCH3 is 2. The molecule has 0 saturated heterocycles. The van der Waals surface area contributed by atoms with E-state index in [-0.39, 0.29) is 22.1 Å². The number of benzene rings is 1. The summed E-state index contributed by atoms with van der Waals surface area (Å²) in [6.45, 7) is 6.89. The molecule has 1 aromatic heterocycles. The van der Waals surface area contributed by atoms with Gasteiger partial charge in [0.2, 0.25) is 0 Å². The van der Waals surface area contributed by atoms with E-state index in [1.54, 1.807) is 14.2 Å². The van der Waals surface area contributed by atoms with Crippen molar-refractivity contribution in [3.8, 4) is 0 Å². The Morgan fingerprint density at radius 2 is 2.00 bits per heavy atom. The largest absolute Gasteiger partial charge is 0.501 e. The van der Waals surface area contributed by atoms with Crippen LogP contribution in [0, 0.1) is 0 Å². The fourth-order valence-electron chi connectivity index (χ4n) is 3.10. The quantitative estimate of drug-likeness (QED) is 0.459. The molecule has 2 aromatic rings. The standard InChI is InChI=1S/C20H24ClF2NO2S/c1-6-15(26-5)17(12(2)25-4)14-10-8-7-9-13(14)11-16-24-19(21)18(27-16)20(3,22)23/h7-10,15,17H,2,6,11H2,1,3-5H3. The maximum Gasteiger partial charge on any atom is 0.282 e. The molecule has 1 aromatic carbocycles. The average Bonchev–Trinajstić information content (AvgIpc) is 3.00. The van der Waals surface area contributed by atoms with Crippen LogP contribution in [0.3, 0.4) is 0 Å². The molecule has 0 fully saturated rings. The zero-order valence-electron chi connectivity index (χ0n) is 15.9. The first-order valence-corrected chi connectivity index (χ1v) is 9.79. The van der Waals surface area contributed by atoms with Gasteiger partial charge in [-0.25, -0.2) is 13.8 Å². The van der Waals surface area contributed by atoms with Crippen LogP contribution in [0.1, 0.15) is 47.2 Å². The zero-order chi connectivity index (χ0) is 20.2. The first-order chi connectivity index (χ1) is 12.7. The molecular weight excluding hydrogens is 392 g/mol. The summed E-state index contributed by atoms with van der Waals surface area (Å²) >= 11 is 6.87. The van der Waals surface area contributed by atoms with Crippen molar-refractivity contribution in [1.82, 2.24) is 4.98 Å². The molecule has 0 N–H and O–H groups in total. The summed E-state index contributed by atoms with van der Waals surface area (Å²) < 4.78 is 38.4. The van der Waals surface area contributed by atoms with Crippen LogP contribution in [-0.2, 0) is 21.8 Å². The van der Waals surface area contributed by atoms with E-state index in [1.807, 2.05) is 31.2 Å². The van der Waals surface area contributed by atoms with Gasteiger partial charge in [0.15, 0.2) is 0 Å². The monoisotopic (exact) mass is 415 g/mol. The number of rotatable bonds is 9. The van der Waals surface area contributed by atoms with Gasteiger partial charge in [0.05, 0.1) is 29.9 Å². The van der Waals surface area contributed by atoms with Crippen molar-refractivity contribution in [3.05, 3.63) is 62.8 Å². The van der Waals surface area contributed by atoms with Gasteiger partial charge in [-0.3, -0.25) is 0 Å². The van der Waals surface area contributed by atoms with Crippen molar-refractivity contribution >= 4 is 22.9 Å². The Morgan fingerprint density at radius 1 is 1.33 bits per heavy atom. The molecule has 0 bridgehead atoms. The van der Waals surface area contributed by atoms with E-state index >= 15 is 0 Å². The molecule has 2 unspecified atom stereocenters. The van der Waals surface area contributed by atoms with Crippen LogP contribution in [0.5, 0.6) is 0 Å². The second-order valence-electron chi connectivity index (χ2n) is 6.32. The SMILES string of the molecule is C=C(OC)C(c1ccccc1Cc1nc(Cl)c(C(C)(F)F)s1)C(CC)OC. The Hall–Kier alpha value is -1.50. The van der Waals surface area contributed by atoms with Crippen LogP contribution in [-0.4, -0.2) is 25.3 Å². The van der Waals surface area contributed by atoms with E-state index in [2.05, 4.69) is 11.6 Å². The molecule has 0 spiro atoms. The Labute approximate surface area is 168 Å². The first-order valence-electron chi connectivity index (χ1n) is 8.59. The van der Waals surface area contributed by atoms with Crippen LogP contribution in [0.4, 0.5) is 8.78 Å². The third-order valence-electron chi connectivity index (χ3n) is 4.45. The molecule has 7 heteroatoms. The number of aromatic nitrogens is 1. The van der Waals surface area contributed by atoms with Gasteiger partial charge in [0.25, 0.3) is 5.92 Å². The molecule has 27 heavy (non-hydrogen) atoms. The molecule has 0 saturated carbocycles. The fourth-order valence-corrected chi connectivity index (χ4v) is 4.44. The van der Waals surface area contributed by atoms with Gasteiger partial charge in [0.1, 0.15) is 10.0 Å². The fraction of sp³-hybridized carbons (Fsp3) is 0.450. The lowest BCUT2D eigenvalue weighted by Crippen LogP contribution is -2.23. The van der Waals surface area contributed by atoms with Crippen LogP contribution in [0.25, 0.3) is 0 Å². The average molecular weight is 416 g/mol. The molecule has 0 amide bonds. The van der Waals surface area contributed by atoms with Crippen molar-refractivity contribution < 1.29 is 18.3 Å². The molecule has 148 valence electrons. The van der Waals surface area contributed by atoms with Gasteiger partial charge < -0.3 is 9.47 Å². The Morgan fingerprint density at radius 3 is 2.52 bits per heavy atom. The van der Waals surface area contributed by atoms with E-state index in [0.29, 0.717) is 17.2 Å². The molecule has 2 atom stereocenters. The highest BCUT2D eigenvalue weighted by Crippen LogP contribution is 2.39. The number of halogens is 3. The van der Waals surface area contributed by atoms with Gasteiger partial charge in [0, 0.05) is 20.5 Å². The number of thiazole rings is 1.